The van der Waals surface area contributed by atoms with E-state index >= 15 is 0 Å². The molecule has 0 saturated heterocycles. The van der Waals surface area contributed by atoms with Crippen molar-refractivity contribution in [3.63, 3.8) is 0 Å². The molecule has 5 aromatic carbocycles. The summed E-state index contributed by atoms with van der Waals surface area (Å²) < 4.78 is 21.3. The fourth-order valence-electron chi connectivity index (χ4n) is 4.91. The summed E-state index contributed by atoms with van der Waals surface area (Å²) in [4.78, 5) is 51.1. The highest BCUT2D eigenvalue weighted by atomic mass is 127. The second-order valence-electron chi connectivity index (χ2n) is 9.85. The van der Waals surface area contributed by atoms with Crippen LogP contribution < -0.4 is 41.2 Å². The minimum absolute atomic E-state index is 0.175. The summed E-state index contributed by atoms with van der Waals surface area (Å²) in [6.07, 6.45) is 0. The van der Waals surface area contributed by atoms with Gasteiger partial charge in [0, 0.05) is 7.14 Å². The first-order chi connectivity index (χ1) is 22.1. The Morgan fingerprint density at radius 3 is 0.826 bits per heavy atom. The van der Waals surface area contributed by atoms with E-state index in [2.05, 4.69) is 9.97 Å². The number of aromatic amines is 2. The number of benzene rings is 5. The Morgan fingerprint density at radius 2 is 0.630 bits per heavy atom. The average Bonchev–Trinajstić information content (AvgIpc) is 3.56. The second kappa shape index (κ2) is 13.9. The molecule has 0 amide bonds. The van der Waals surface area contributed by atoms with E-state index in [1.807, 2.05) is 118 Å². The Bertz CT molecular complexity index is 2110. The van der Waals surface area contributed by atoms with Crippen molar-refractivity contribution in [2.24, 2.45) is 0 Å². The van der Waals surface area contributed by atoms with Crippen molar-refractivity contribution in [3.05, 3.63) is 121 Å². The number of H-pyrrole nitrogens is 2. The van der Waals surface area contributed by atoms with Crippen LogP contribution in [-0.4, -0.2) is 38.4 Å². The Morgan fingerprint density at radius 1 is 0.413 bits per heavy atom. The lowest BCUT2D eigenvalue weighted by atomic mass is 10.1. The molecule has 0 aliphatic heterocycles. The van der Waals surface area contributed by atoms with Crippen LogP contribution in [0.3, 0.4) is 0 Å². The van der Waals surface area contributed by atoms with Crippen LogP contribution in [-0.2, 0) is 0 Å². The Labute approximate surface area is 288 Å². The smallest absolute Gasteiger partial charge is 0.260 e. The first-order valence-electron chi connectivity index (χ1n) is 13.6. The van der Waals surface area contributed by atoms with Gasteiger partial charge in [0.1, 0.15) is 23.0 Å². The molecule has 0 fully saturated rings. The van der Waals surface area contributed by atoms with E-state index in [1.165, 1.54) is 0 Å². The van der Waals surface area contributed by atoms with E-state index in [1.54, 1.807) is 28.4 Å². The summed E-state index contributed by atoms with van der Waals surface area (Å²) in [7, 11) is 6.69. The molecule has 0 aliphatic rings. The lowest BCUT2D eigenvalue weighted by Gasteiger charge is -2.04. The van der Waals surface area contributed by atoms with Gasteiger partial charge in [0.2, 0.25) is 0 Å². The predicted molar refractivity (Wildman–Crippen MR) is 197 cm³/mol. The zero-order chi connectivity index (χ0) is 33.1. The van der Waals surface area contributed by atoms with Crippen LogP contribution in [0.25, 0.3) is 43.1 Å². The molecule has 7 aromatic rings. The number of methoxy groups -OCH3 is 4. The first-order valence-corrected chi connectivity index (χ1v) is 15.8. The Balaban J connectivity index is 0.000000138. The van der Waals surface area contributed by atoms with E-state index in [0.717, 1.165) is 44.5 Å². The predicted octanol–water partition coefficient (Wildman–Crippen LogP) is 5.89. The highest BCUT2D eigenvalue weighted by molar-refractivity contribution is 14.1. The van der Waals surface area contributed by atoms with Crippen molar-refractivity contribution < 1.29 is 18.9 Å². The number of ether oxygens (including phenoxy) is 4. The average molecular weight is 844 g/mol. The summed E-state index contributed by atoms with van der Waals surface area (Å²) in [6.45, 7) is 0. The normalized spacial score (nSPS) is 10.7. The lowest BCUT2D eigenvalue weighted by Crippen LogP contribution is -2.08. The van der Waals surface area contributed by atoms with Crippen molar-refractivity contribution in [1.29, 1.82) is 0 Å². The monoisotopic (exact) mass is 844 g/mol. The van der Waals surface area contributed by atoms with E-state index in [4.69, 9.17) is 18.9 Å². The van der Waals surface area contributed by atoms with Gasteiger partial charge >= 0.3 is 0 Å². The Kier molecular flexibility index (Phi) is 9.96. The quantitative estimate of drug-likeness (QED) is 0.210. The number of aromatic nitrogens is 2. The molecule has 46 heavy (non-hydrogen) atoms. The second-order valence-corrected chi connectivity index (χ2v) is 12.0. The molecule has 2 N–H and O–H groups in total. The molecule has 0 aliphatic carbocycles. The molecular weight excluding hydrogens is 818 g/mol. The van der Waals surface area contributed by atoms with Gasteiger partial charge in [-0.2, -0.15) is 0 Å². The first kappa shape index (κ1) is 32.9. The van der Waals surface area contributed by atoms with Crippen molar-refractivity contribution in [1.82, 2.24) is 9.97 Å². The van der Waals surface area contributed by atoms with Gasteiger partial charge < -0.3 is 18.9 Å². The molecule has 0 saturated carbocycles. The number of hydrogen-bond donors (Lipinski definition) is 2. The minimum Gasteiger partial charge on any atom is -0.497 e. The van der Waals surface area contributed by atoms with Crippen LogP contribution >= 0.6 is 45.2 Å². The standard InChI is InChI=1S/2C12H12O2.C10H2I2N2O4/c2*1-13-11-5-3-10-8-12(14-2)6-4-9(10)7-11;11-5-1-2(8(16)13-7(1)15)6(12)4-3(5)9(17)14-10(4)18/h2*3-8H,1-2H3;(H,13,15,16)(H,14,17,18). The summed E-state index contributed by atoms with van der Waals surface area (Å²) in [5.41, 5.74) is -2.14. The van der Waals surface area contributed by atoms with Crippen LogP contribution in [0.15, 0.2) is 92.0 Å². The van der Waals surface area contributed by atoms with E-state index in [0.29, 0.717) is 7.14 Å². The molecule has 234 valence electrons. The maximum absolute atomic E-state index is 11.7. The van der Waals surface area contributed by atoms with Gasteiger partial charge in [-0.1, -0.05) is 24.3 Å². The fraction of sp³-hybridized carbons (Fsp3) is 0.118. The lowest BCUT2D eigenvalue weighted by molar-refractivity contribution is 0.414. The molecule has 0 unspecified atom stereocenters. The minimum atomic E-state index is -0.535. The molecule has 0 radical (unpaired) electrons. The number of fused-ring (bicyclic) bond motifs is 4. The summed E-state index contributed by atoms with van der Waals surface area (Å²) in [5, 5.41) is 5.33. The summed E-state index contributed by atoms with van der Waals surface area (Å²) >= 11 is 3.62. The van der Waals surface area contributed by atoms with Crippen molar-refractivity contribution in [2.45, 2.75) is 0 Å². The van der Waals surface area contributed by atoms with Gasteiger partial charge in [0.05, 0.1) is 50.0 Å². The third kappa shape index (κ3) is 6.44. The van der Waals surface area contributed by atoms with Crippen LogP contribution in [0.1, 0.15) is 0 Å². The van der Waals surface area contributed by atoms with Crippen LogP contribution in [0.4, 0.5) is 0 Å². The molecule has 2 heterocycles. The van der Waals surface area contributed by atoms with Gasteiger partial charge in [0.25, 0.3) is 22.2 Å². The highest BCUT2D eigenvalue weighted by Crippen LogP contribution is 2.28. The van der Waals surface area contributed by atoms with Crippen molar-refractivity contribution in [2.75, 3.05) is 28.4 Å². The topological polar surface area (TPSA) is 137 Å². The molecular formula is C34H26I2N2O8. The number of hydrogen-bond acceptors (Lipinski definition) is 8. The molecule has 0 atom stereocenters. The van der Waals surface area contributed by atoms with Gasteiger partial charge in [-0.15, -0.1) is 0 Å². The van der Waals surface area contributed by atoms with Crippen LogP contribution in [0.2, 0.25) is 0 Å². The maximum Gasteiger partial charge on any atom is 0.260 e. The molecule has 2 aromatic heterocycles. The molecule has 0 spiro atoms. The summed E-state index contributed by atoms with van der Waals surface area (Å²) in [6, 6.07) is 23.9. The number of rotatable bonds is 4. The molecule has 0 bridgehead atoms. The van der Waals surface area contributed by atoms with Crippen molar-refractivity contribution >= 4 is 88.3 Å². The third-order valence-corrected chi connectivity index (χ3v) is 9.41. The zero-order valence-corrected chi connectivity index (χ0v) is 29.3. The zero-order valence-electron chi connectivity index (χ0n) is 25.0. The van der Waals surface area contributed by atoms with E-state index in [-0.39, 0.29) is 21.5 Å². The maximum atomic E-state index is 11.7. The molecule has 7 rings (SSSR count). The third-order valence-electron chi connectivity index (χ3n) is 7.25. The van der Waals surface area contributed by atoms with Gasteiger partial charge in [-0.05, 0) is 115 Å². The molecule has 12 heteroatoms. The van der Waals surface area contributed by atoms with Gasteiger partial charge in [-0.3, -0.25) is 29.1 Å². The van der Waals surface area contributed by atoms with Crippen LogP contribution in [0.5, 0.6) is 23.0 Å². The highest BCUT2D eigenvalue weighted by Gasteiger charge is 2.22. The number of halogens is 2. The number of nitrogens with one attached hydrogen (secondary N) is 2. The summed E-state index contributed by atoms with van der Waals surface area (Å²) in [5.74, 6) is 3.51. The van der Waals surface area contributed by atoms with E-state index < -0.39 is 22.2 Å². The largest absolute Gasteiger partial charge is 0.497 e. The van der Waals surface area contributed by atoms with Gasteiger partial charge in [-0.25, -0.2) is 0 Å². The van der Waals surface area contributed by atoms with Crippen LogP contribution in [0, 0.1) is 7.14 Å². The van der Waals surface area contributed by atoms with Crippen molar-refractivity contribution in [3.8, 4) is 23.0 Å². The Hall–Kier alpha value is -4.44. The van der Waals surface area contributed by atoms with E-state index in [9.17, 15) is 19.2 Å². The SMILES string of the molecule is COc1ccc2cc(OC)ccc2c1.COc1ccc2cc(OC)ccc2c1.O=c1[nH]c(=O)c2c(I)c3c(=O)[nH]c(=O)c3c(I)c12. The molecule has 10 nitrogen and oxygen atoms in total. The van der Waals surface area contributed by atoms with Gasteiger partial charge in [0.15, 0.2) is 0 Å². The fourth-order valence-corrected chi connectivity index (χ4v) is 6.97.